The quantitative estimate of drug-likeness (QED) is 0.908. The summed E-state index contributed by atoms with van der Waals surface area (Å²) in [6.45, 7) is 1.86. The van der Waals surface area contributed by atoms with E-state index in [0.717, 1.165) is 11.1 Å². The predicted molar refractivity (Wildman–Crippen MR) is 82.9 cm³/mol. The molecule has 1 amide bonds. The number of carbonyl (C=O) groups excluding carboxylic acids is 1. The van der Waals surface area contributed by atoms with Gasteiger partial charge in [0.2, 0.25) is 5.91 Å². The highest BCUT2D eigenvalue weighted by atomic mass is 35.5. The molecule has 104 valence electrons. The fourth-order valence-electron chi connectivity index (χ4n) is 1.93. The molecule has 2 aromatic carbocycles. The van der Waals surface area contributed by atoms with Crippen molar-refractivity contribution in [2.24, 2.45) is 5.73 Å². The molecule has 20 heavy (non-hydrogen) atoms. The van der Waals surface area contributed by atoms with Gasteiger partial charge in [0.25, 0.3) is 0 Å². The number of amides is 1. The molecule has 0 fully saturated rings. The number of nitrogens with one attached hydrogen (secondary N) is 1. The third kappa shape index (κ3) is 3.59. The Balaban J connectivity index is 2.03. The van der Waals surface area contributed by atoms with Gasteiger partial charge >= 0.3 is 0 Å². The Morgan fingerprint density at radius 3 is 2.60 bits per heavy atom. The average molecular weight is 289 g/mol. The third-order valence-corrected chi connectivity index (χ3v) is 3.57. The van der Waals surface area contributed by atoms with Gasteiger partial charge in [-0.3, -0.25) is 4.79 Å². The minimum absolute atomic E-state index is 0.209. The Labute approximate surface area is 123 Å². The van der Waals surface area contributed by atoms with E-state index in [1.165, 1.54) is 0 Å². The van der Waals surface area contributed by atoms with Crippen LogP contribution in [0.25, 0.3) is 0 Å². The van der Waals surface area contributed by atoms with Gasteiger partial charge in [-0.1, -0.05) is 48.0 Å². The van der Waals surface area contributed by atoms with E-state index in [-0.39, 0.29) is 5.91 Å². The van der Waals surface area contributed by atoms with E-state index in [4.69, 9.17) is 17.3 Å². The van der Waals surface area contributed by atoms with E-state index in [0.29, 0.717) is 17.1 Å². The number of nitrogens with two attached hydrogens (primary N) is 1. The van der Waals surface area contributed by atoms with E-state index in [1.807, 2.05) is 43.3 Å². The maximum Gasteiger partial charge on any atom is 0.241 e. The maximum absolute atomic E-state index is 12.1. The third-order valence-electron chi connectivity index (χ3n) is 3.16. The molecule has 0 heterocycles. The van der Waals surface area contributed by atoms with Crippen molar-refractivity contribution in [2.45, 2.75) is 19.4 Å². The molecule has 1 unspecified atom stereocenters. The van der Waals surface area contributed by atoms with Crippen molar-refractivity contribution < 1.29 is 4.79 Å². The first-order chi connectivity index (χ1) is 9.58. The summed E-state index contributed by atoms with van der Waals surface area (Å²) in [5.74, 6) is -0.209. The number of anilines is 1. The molecule has 1 atom stereocenters. The lowest BCUT2D eigenvalue weighted by Gasteiger charge is -2.14. The van der Waals surface area contributed by atoms with Crippen LogP contribution in [0.5, 0.6) is 0 Å². The fourth-order valence-corrected chi connectivity index (χ4v) is 2.10. The molecule has 2 aromatic rings. The average Bonchev–Trinajstić information content (AvgIpc) is 2.45. The van der Waals surface area contributed by atoms with Crippen molar-refractivity contribution >= 4 is 23.2 Å². The summed E-state index contributed by atoms with van der Waals surface area (Å²) >= 11 is 6.02. The standard InChI is InChI=1S/C16H17ClN2O/c1-11-13(17)8-5-9-15(11)19-16(20)14(18)10-12-6-3-2-4-7-12/h2-9,14H,10,18H2,1H3,(H,19,20). The van der Waals surface area contributed by atoms with Gasteiger partial charge in [0, 0.05) is 10.7 Å². The molecule has 0 radical (unpaired) electrons. The Morgan fingerprint density at radius 1 is 1.20 bits per heavy atom. The van der Waals surface area contributed by atoms with Crippen LogP contribution < -0.4 is 11.1 Å². The second kappa shape index (κ2) is 6.55. The smallest absolute Gasteiger partial charge is 0.241 e. The summed E-state index contributed by atoms with van der Waals surface area (Å²) in [7, 11) is 0. The highest BCUT2D eigenvalue weighted by Gasteiger charge is 2.15. The number of halogens is 1. The highest BCUT2D eigenvalue weighted by Crippen LogP contribution is 2.23. The molecule has 0 saturated carbocycles. The first-order valence-corrected chi connectivity index (χ1v) is 6.81. The SMILES string of the molecule is Cc1c(Cl)cccc1NC(=O)C(N)Cc1ccccc1. The molecule has 3 N–H and O–H groups in total. The van der Waals surface area contributed by atoms with Crippen molar-refractivity contribution in [1.82, 2.24) is 0 Å². The molecule has 4 heteroatoms. The summed E-state index contributed by atoms with van der Waals surface area (Å²) < 4.78 is 0. The zero-order valence-electron chi connectivity index (χ0n) is 11.3. The van der Waals surface area contributed by atoms with Gasteiger partial charge in [-0.2, -0.15) is 0 Å². The molecule has 0 spiro atoms. The summed E-state index contributed by atoms with van der Waals surface area (Å²) in [5, 5.41) is 3.45. The van der Waals surface area contributed by atoms with Gasteiger partial charge in [0.05, 0.1) is 6.04 Å². The van der Waals surface area contributed by atoms with Crippen LogP contribution in [0.15, 0.2) is 48.5 Å². The summed E-state index contributed by atoms with van der Waals surface area (Å²) in [4.78, 5) is 12.1. The lowest BCUT2D eigenvalue weighted by Crippen LogP contribution is -2.37. The number of benzene rings is 2. The molecule has 0 saturated heterocycles. The van der Waals surface area contributed by atoms with Gasteiger partial charge in [0.15, 0.2) is 0 Å². The van der Waals surface area contributed by atoms with Crippen molar-refractivity contribution in [2.75, 3.05) is 5.32 Å². The number of rotatable bonds is 4. The van der Waals surface area contributed by atoms with Gasteiger partial charge in [0.1, 0.15) is 0 Å². The zero-order valence-corrected chi connectivity index (χ0v) is 12.0. The van der Waals surface area contributed by atoms with Crippen LogP contribution in [0, 0.1) is 6.92 Å². The van der Waals surface area contributed by atoms with E-state index in [2.05, 4.69) is 5.32 Å². The van der Waals surface area contributed by atoms with Gasteiger partial charge < -0.3 is 11.1 Å². The number of carbonyl (C=O) groups is 1. The van der Waals surface area contributed by atoms with Crippen LogP contribution >= 0.6 is 11.6 Å². The van der Waals surface area contributed by atoms with Crippen molar-refractivity contribution in [3.05, 3.63) is 64.7 Å². The normalized spacial score (nSPS) is 11.9. The second-order valence-electron chi connectivity index (χ2n) is 4.70. The van der Waals surface area contributed by atoms with Crippen LogP contribution in [0.3, 0.4) is 0 Å². The zero-order chi connectivity index (χ0) is 14.5. The van der Waals surface area contributed by atoms with Gasteiger partial charge in [-0.15, -0.1) is 0 Å². The number of hydrogen-bond donors (Lipinski definition) is 2. The molecule has 0 aliphatic rings. The Kier molecular flexibility index (Phi) is 4.77. The summed E-state index contributed by atoms with van der Waals surface area (Å²) in [6, 6.07) is 14.5. The van der Waals surface area contributed by atoms with Crippen LogP contribution in [-0.2, 0) is 11.2 Å². The van der Waals surface area contributed by atoms with Crippen LogP contribution in [-0.4, -0.2) is 11.9 Å². The van der Waals surface area contributed by atoms with Crippen LogP contribution in [0.4, 0.5) is 5.69 Å². The molecule has 0 bridgehead atoms. The lowest BCUT2D eigenvalue weighted by molar-refractivity contribution is -0.117. The first-order valence-electron chi connectivity index (χ1n) is 6.43. The topological polar surface area (TPSA) is 55.1 Å². The van der Waals surface area contributed by atoms with Gasteiger partial charge in [-0.25, -0.2) is 0 Å². The van der Waals surface area contributed by atoms with Crippen molar-refractivity contribution in [3.8, 4) is 0 Å². The second-order valence-corrected chi connectivity index (χ2v) is 5.11. The lowest BCUT2D eigenvalue weighted by atomic mass is 10.1. The molecule has 0 aliphatic heterocycles. The molecular weight excluding hydrogens is 272 g/mol. The first kappa shape index (κ1) is 14.6. The maximum atomic E-state index is 12.1. The predicted octanol–water partition coefficient (Wildman–Crippen LogP) is 3.16. The molecule has 0 aliphatic carbocycles. The van der Waals surface area contributed by atoms with E-state index in [9.17, 15) is 4.79 Å². The van der Waals surface area contributed by atoms with E-state index < -0.39 is 6.04 Å². The summed E-state index contributed by atoms with van der Waals surface area (Å²) in [5.41, 5.74) is 8.52. The highest BCUT2D eigenvalue weighted by molar-refractivity contribution is 6.31. The molecule has 0 aromatic heterocycles. The fraction of sp³-hybridized carbons (Fsp3) is 0.188. The van der Waals surface area contributed by atoms with E-state index >= 15 is 0 Å². The Morgan fingerprint density at radius 2 is 1.90 bits per heavy atom. The number of hydrogen-bond acceptors (Lipinski definition) is 2. The van der Waals surface area contributed by atoms with Crippen LogP contribution in [0.1, 0.15) is 11.1 Å². The Bertz CT molecular complexity index is 599. The summed E-state index contributed by atoms with van der Waals surface area (Å²) in [6.07, 6.45) is 0.506. The van der Waals surface area contributed by atoms with Gasteiger partial charge in [-0.05, 0) is 36.6 Å². The largest absolute Gasteiger partial charge is 0.324 e. The van der Waals surface area contributed by atoms with Crippen molar-refractivity contribution in [3.63, 3.8) is 0 Å². The monoisotopic (exact) mass is 288 g/mol. The molecule has 2 rings (SSSR count). The Hall–Kier alpha value is -1.84. The minimum atomic E-state index is -0.587. The van der Waals surface area contributed by atoms with Crippen LogP contribution in [0.2, 0.25) is 5.02 Å². The molecule has 3 nitrogen and oxygen atoms in total. The minimum Gasteiger partial charge on any atom is -0.324 e. The van der Waals surface area contributed by atoms with Crippen molar-refractivity contribution in [1.29, 1.82) is 0 Å². The molecular formula is C16H17ClN2O. The van der Waals surface area contributed by atoms with E-state index in [1.54, 1.807) is 12.1 Å².